The molecule has 2 rings (SSSR count). The summed E-state index contributed by atoms with van der Waals surface area (Å²) in [7, 11) is 0. The number of benzene rings is 1. The van der Waals surface area contributed by atoms with Gasteiger partial charge < -0.3 is 16.0 Å². The standard InChI is InChI=1S/C17H19ClF3N5OS/c1-2-22-16(25-9-14-26-13(10-28-14)17(19,20)21)24-8-7-23-15(27)11-5-3-4-6-12(11)18/h3-6,10H,2,7-9H2,1H3,(H,23,27)(H2,22,24,25). The number of hydrogen-bond donors (Lipinski definition) is 3. The molecule has 0 fully saturated rings. The summed E-state index contributed by atoms with van der Waals surface area (Å²) < 4.78 is 37.7. The van der Waals surface area contributed by atoms with Crippen LogP contribution in [0.25, 0.3) is 0 Å². The highest BCUT2D eigenvalue weighted by Gasteiger charge is 2.33. The molecule has 0 saturated carbocycles. The number of guanidine groups is 1. The summed E-state index contributed by atoms with van der Waals surface area (Å²) in [5, 5.41) is 10.3. The number of aliphatic imine (C=N–C) groups is 1. The molecule has 6 nitrogen and oxygen atoms in total. The lowest BCUT2D eigenvalue weighted by molar-refractivity contribution is -0.140. The molecule has 11 heteroatoms. The summed E-state index contributed by atoms with van der Waals surface area (Å²) in [6, 6.07) is 6.71. The first-order chi connectivity index (χ1) is 13.3. The van der Waals surface area contributed by atoms with Crippen LogP contribution in [0.4, 0.5) is 13.2 Å². The van der Waals surface area contributed by atoms with Crippen LogP contribution >= 0.6 is 22.9 Å². The van der Waals surface area contributed by atoms with Gasteiger partial charge in [-0.15, -0.1) is 11.3 Å². The third kappa shape index (κ3) is 6.68. The van der Waals surface area contributed by atoms with Crippen molar-refractivity contribution in [2.24, 2.45) is 4.99 Å². The number of rotatable bonds is 7. The number of nitrogens with zero attached hydrogens (tertiary/aromatic N) is 2. The number of alkyl halides is 3. The molecule has 1 aromatic heterocycles. The maximum atomic E-state index is 12.6. The summed E-state index contributed by atoms with van der Waals surface area (Å²) >= 11 is 6.88. The Morgan fingerprint density at radius 3 is 2.57 bits per heavy atom. The molecule has 152 valence electrons. The molecular weight excluding hydrogens is 415 g/mol. The van der Waals surface area contributed by atoms with Crippen molar-refractivity contribution in [3.8, 4) is 0 Å². The topological polar surface area (TPSA) is 78.4 Å². The van der Waals surface area contributed by atoms with Gasteiger partial charge in [-0.1, -0.05) is 23.7 Å². The zero-order valence-corrected chi connectivity index (χ0v) is 16.5. The summed E-state index contributed by atoms with van der Waals surface area (Å²) in [6.45, 7) is 3.13. The average molecular weight is 434 g/mol. The van der Waals surface area contributed by atoms with Crippen LogP contribution in [0.1, 0.15) is 28.0 Å². The Labute approximate surface area is 169 Å². The third-order valence-electron chi connectivity index (χ3n) is 3.38. The van der Waals surface area contributed by atoms with Gasteiger partial charge in [0.15, 0.2) is 11.7 Å². The van der Waals surface area contributed by atoms with Gasteiger partial charge in [0.1, 0.15) is 5.01 Å². The van der Waals surface area contributed by atoms with Crippen molar-refractivity contribution in [1.82, 2.24) is 20.9 Å². The first-order valence-electron chi connectivity index (χ1n) is 8.37. The number of nitrogens with one attached hydrogen (secondary N) is 3. The highest BCUT2D eigenvalue weighted by Crippen LogP contribution is 2.30. The van der Waals surface area contributed by atoms with Gasteiger partial charge in [0, 0.05) is 25.0 Å². The maximum Gasteiger partial charge on any atom is 0.434 e. The van der Waals surface area contributed by atoms with Gasteiger partial charge in [-0.3, -0.25) is 4.79 Å². The molecule has 0 bridgehead atoms. The number of hydrogen-bond acceptors (Lipinski definition) is 4. The Morgan fingerprint density at radius 1 is 1.21 bits per heavy atom. The lowest BCUT2D eigenvalue weighted by atomic mass is 10.2. The van der Waals surface area contributed by atoms with Crippen molar-refractivity contribution in [2.45, 2.75) is 19.6 Å². The van der Waals surface area contributed by atoms with E-state index in [2.05, 4.69) is 25.9 Å². The Morgan fingerprint density at radius 2 is 1.93 bits per heavy atom. The molecule has 0 aliphatic rings. The quantitative estimate of drug-likeness (QED) is 0.355. The van der Waals surface area contributed by atoms with Crippen molar-refractivity contribution in [3.05, 3.63) is 50.9 Å². The number of halogens is 4. The maximum absolute atomic E-state index is 12.6. The molecule has 2 aromatic rings. The van der Waals surface area contributed by atoms with E-state index in [4.69, 9.17) is 11.6 Å². The van der Waals surface area contributed by atoms with E-state index >= 15 is 0 Å². The van der Waals surface area contributed by atoms with E-state index in [-0.39, 0.29) is 17.5 Å². The van der Waals surface area contributed by atoms with Crippen molar-refractivity contribution in [1.29, 1.82) is 0 Å². The first kappa shape index (κ1) is 22.0. The fraction of sp³-hybridized carbons (Fsp3) is 0.353. The number of carbonyl (C=O) groups excluding carboxylic acids is 1. The van der Waals surface area contributed by atoms with Gasteiger partial charge in [0.05, 0.1) is 17.1 Å². The van der Waals surface area contributed by atoms with Gasteiger partial charge in [0.25, 0.3) is 5.91 Å². The zero-order chi connectivity index (χ0) is 20.6. The monoisotopic (exact) mass is 433 g/mol. The summed E-state index contributed by atoms with van der Waals surface area (Å²) in [5.41, 5.74) is -0.531. The van der Waals surface area contributed by atoms with Crippen LogP contribution in [0.3, 0.4) is 0 Å². The van der Waals surface area contributed by atoms with Crippen LogP contribution in [0, 0.1) is 0 Å². The minimum absolute atomic E-state index is 0.0159. The molecule has 1 amide bonds. The van der Waals surface area contributed by atoms with Crippen molar-refractivity contribution < 1.29 is 18.0 Å². The van der Waals surface area contributed by atoms with Crippen molar-refractivity contribution in [2.75, 3.05) is 19.6 Å². The second-order valence-corrected chi connectivity index (χ2v) is 6.83. The smallest absolute Gasteiger partial charge is 0.357 e. The molecule has 0 unspecified atom stereocenters. The lowest BCUT2D eigenvalue weighted by Gasteiger charge is -2.12. The SMILES string of the molecule is CCNC(=NCc1nc(C(F)(F)F)cs1)NCCNC(=O)c1ccccc1Cl. The molecule has 1 aromatic carbocycles. The van der Waals surface area contributed by atoms with E-state index in [1.165, 1.54) is 0 Å². The predicted molar refractivity (Wildman–Crippen MR) is 104 cm³/mol. The fourth-order valence-corrected chi connectivity index (χ4v) is 3.05. The van der Waals surface area contributed by atoms with Crippen LogP contribution in [-0.4, -0.2) is 36.5 Å². The van der Waals surface area contributed by atoms with E-state index in [0.29, 0.717) is 36.2 Å². The first-order valence-corrected chi connectivity index (χ1v) is 9.63. The number of carbonyl (C=O) groups is 1. The van der Waals surface area contributed by atoms with Crippen LogP contribution in [0.2, 0.25) is 5.02 Å². The summed E-state index contributed by atoms with van der Waals surface area (Å²) in [5.74, 6) is 0.120. The average Bonchev–Trinajstić information content (AvgIpc) is 3.13. The summed E-state index contributed by atoms with van der Waals surface area (Å²) in [4.78, 5) is 19.8. The molecule has 28 heavy (non-hydrogen) atoms. The second-order valence-electron chi connectivity index (χ2n) is 5.48. The minimum atomic E-state index is -4.46. The summed E-state index contributed by atoms with van der Waals surface area (Å²) in [6.07, 6.45) is -4.46. The normalized spacial score (nSPS) is 12.0. The Bertz CT molecular complexity index is 825. The third-order valence-corrected chi connectivity index (χ3v) is 4.54. The van der Waals surface area contributed by atoms with Gasteiger partial charge >= 0.3 is 6.18 Å². The second kappa shape index (κ2) is 10.3. The number of amides is 1. The Hall–Kier alpha value is -2.33. The van der Waals surface area contributed by atoms with Crippen LogP contribution in [0.5, 0.6) is 0 Å². The van der Waals surface area contributed by atoms with E-state index in [9.17, 15) is 18.0 Å². The van der Waals surface area contributed by atoms with Crippen LogP contribution in [0.15, 0.2) is 34.6 Å². The fourth-order valence-electron chi connectivity index (χ4n) is 2.10. The predicted octanol–water partition coefficient (Wildman–Crippen LogP) is 3.30. The molecule has 1 heterocycles. The molecular formula is C17H19ClF3N5OS. The Kier molecular flexibility index (Phi) is 8.06. The van der Waals surface area contributed by atoms with Gasteiger partial charge in [-0.2, -0.15) is 13.2 Å². The number of thiazole rings is 1. The van der Waals surface area contributed by atoms with E-state index in [1.54, 1.807) is 24.3 Å². The number of aromatic nitrogens is 1. The molecule has 0 radical (unpaired) electrons. The molecule has 0 aliphatic carbocycles. The van der Waals surface area contributed by atoms with E-state index in [0.717, 1.165) is 16.7 Å². The molecule has 3 N–H and O–H groups in total. The molecule has 0 saturated heterocycles. The highest BCUT2D eigenvalue weighted by atomic mass is 35.5. The highest BCUT2D eigenvalue weighted by molar-refractivity contribution is 7.09. The Balaban J connectivity index is 1.83. The van der Waals surface area contributed by atoms with Crippen molar-refractivity contribution >= 4 is 34.8 Å². The molecule has 0 spiro atoms. The van der Waals surface area contributed by atoms with Gasteiger partial charge in [-0.05, 0) is 19.1 Å². The molecule has 0 aliphatic heterocycles. The van der Waals surface area contributed by atoms with Gasteiger partial charge in [0.2, 0.25) is 0 Å². The van der Waals surface area contributed by atoms with Crippen molar-refractivity contribution in [3.63, 3.8) is 0 Å². The lowest BCUT2D eigenvalue weighted by Crippen LogP contribution is -2.41. The van der Waals surface area contributed by atoms with Crippen LogP contribution < -0.4 is 16.0 Å². The minimum Gasteiger partial charge on any atom is -0.357 e. The largest absolute Gasteiger partial charge is 0.434 e. The van der Waals surface area contributed by atoms with E-state index < -0.39 is 11.9 Å². The van der Waals surface area contributed by atoms with Gasteiger partial charge in [-0.25, -0.2) is 9.98 Å². The zero-order valence-electron chi connectivity index (χ0n) is 14.9. The van der Waals surface area contributed by atoms with E-state index in [1.807, 2.05) is 6.92 Å². The molecule has 0 atom stereocenters. The van der Waals surface area contributed by atoms with Crippen LogP contribution in [-0.2, 0) is 12.7 Å².